The third kappa shape index (κ3) is 4.87. The Kier molecular flexibility index (Phi) is 6.54. The first-order valence-electron chi connectivity index (χ1n) is 11.5. The van der Waals surface area contributed by atoms with Gasteiger partial charge in [-0.15, -0.1) is 5.11 Å². The van der Waals surface area contributed by atoms with Crippen molar-refractivity contribution in [1.29, 1.82) is 0 Å². The van der Waals surface area contributed by atoms with Crippen LogP contribution >= 0.6 is 0 Å². The summed E-state index contributed by atoms with van der Waals surface area (Å²) in [6, 6.07) is 13.0. The summed E-state index contributed by atoms with van der Waals surface area (Å²) in [6.45, 7) is 0.997. The molecule has 1 aliphatic rings. The lowest BCUT2D eigenvalue weighted by Crippen LogP contribution is -2.20. The van der Waals surface area contributed by atoms with Crippen molar-refractivity contribution >= 4 is 65.5 Å². The van der Waals surface area contributed by atoms with E-state index in [0.29, 0.717) is 6.07 Å². The fraction of sp³-hybridized carbons (Fsp3) is 0.0385. The highest BCUT2D eigenvalue weighted by Gasteiger charge is 2.30. The van der Waals surface area contributed by atoms with Gasteiger partial charge in [-0.2, -0.15) is 21.9 Å². The van der Waals surface area contributed by atoms with E-state index in [2.05, 4.69) is 15.5 Å². The Morgan fingerprint density at radius 3 is 1.93 bits per heavy atom. The number of nitrogens with one attached hydrogen (secondary N) is 1. The van der Waals surface area contributed by atoms with Crippen molar-refractivity contribution in [2.24, 2.45) is 10.2 Å². The van der Waals surface area contributed by atoms with Crippen molar-refractivity contribution in [1.82, 2.24) is 0 Å². The fourth-order valence-corrected chi connectivity index (χ4v) is 5.96. The van der Waals surface area contributed by atoms with Gasteiger partial charge in [0.2, 0.25) is 5.91 Å². The first-order valence-corrected chi connectivity index (χ1v) is 14.4. The summed E-state index contributed by atoms with van der Waals surface area (Å²) < 4.78 is 67.6. The summed E-state index contributed by atoms with van der Waals surface area (Å²) in [6.07, 6.45) is 0. The summed E-state index contributed by atoms with van der Waals surface area (Å²) in [4.78, 5) is 35.6. The van der Waals surface area contributed by atoms with Crippen LogP contribution in [0.1, 0.15) is 38.8 Å². The summed E-state index contributed by atoms with van der Waals surface area (Å²) >= 11 is 0. The van der Waals surface area contributed by atoms with Crippen LogP contribution in [0.4, 0.5) is 17.1 Å². The first kappa shape index (κ1) is 27.7. The maximum Gasteiger partial charge on any atom is 0.296 e. The largest absolute Gasteiger partial charge is 0.505 e. The van der Waals surface area contributed by atoms with Crippen LogP contribution in [-0.4, -0.2) is 48.5 Å². The molecule has 0 atom stereocenters. The molecular formula is C26H17N3O10S2. The lowest BCUT2D eigenvalue weighted by molar-refractivity contribution is -0.114. The number of fused-ring (bicyclic) bond motifs is 3. The van der Waals surface area contributed by atoms with E-state index in [9.17, 15) is 45.4 Å². The van der Waals surface area contributed by atoms with Gasteiger partial charge in [-0.25, -0.2) is 0 Å². The van der Waals surface area contributed by atoms with Crippen LogP contribution in [-0.2, 0) is 25.0 Å². The number of aromatic hydroxyl groups is 1. The number of nitrogens with zero attached hydrogens (tertiary/aromatic N) is 2. The molecule has 13 nitrogen and oxygen atoms in total. The molecule has 0 spiro atoms. The highest BCUT2D eigenvalue weighted by molar-refractivity contribution is 7.87. The molecule has 0 fully saturated rings. The van der Waals surface area contributed by atoms with E-state index >= 15 is 0 Å². The predicted octanol–water partition coefficient (Wildman–Crippen LogP) is 4.19. The maximum absolute atomic E-state index is 13.0. The predicted molar refractivity (Wildman–Crippen MR) is 143 cm³/mol. The standard InChI is InChI=1S/C26H17N3O10S2/c1-12(30)27-23-21(41(37,38)39)11-20(40(34,35)36)17-8-9-19(26(33)22(17)23)29-28-13-6-7-16-18(10-13)25(32)15-5-3-2-4-14(15)24(16)31/h2-11,33H,1H3,(H,27,30)(H,34,35,36)(H,37,38,39). The maximum atomic E-state index is 13.0. The van der Waals surface area contributed by atoms with Crippen LogP contribution in [0.15, 0.2) is 80.7 Å². The van der Waals surface area contributed by atoms with E-state index in [1.54, 1.807) is 18.2 Å². The number of rotatable bonds is 5. The van der Waals surface area contributed by atoms with Crippen molar-refractivity contribution in [3.63, 3.8) is 0 Å². The first-order chi connectivity index (χ1) is 19.2. The zero-order valence-corrected chi connectivity index (χ0v) is 22.3. The van der Waals surface area contributed by atoms with Crippen LogP contribution in [0, 0.1) is 0 Å². The number of benzene rings is 4. The van der Waals surface area contributed by atoms with Gasteiger partial charge in [0.25, 0.3) is 20.2 Å². The number of hydrogen-bond donors (Lipinski definition) is 4. The Morgan fingerprint density at radius 1 is 0.756 bits per heavy atom. The van der Waals surface area contributed by atoms with Crippen LogP contribution in [0.3, 0.4) is 0 Å². The molecule has 4 aromatic carbocycles. The van der Waals surface area contributed by atoms with E-state index < -0.39 is 63.9 Å². The van der Waals surface area contributed by atoms with Gasteiger partial charge in [0.1, 0.15) is 15.5 Å². The van der Waals surface area contributed by atoms with Gasteiger partial charge in [0.15, 0.2) is 17.3 Å². The molecule has 0 saturated carbocycles. The van der Waals surface area contributed by atoms with E-state index in [4.69, 9.17) is 0 Å². The minimum atomic E-state index is -5.19. The Hall–Kier alpha value is -4.83. The van der Waals surface area contributed by atoms with Gasteiger partial charge in [0.05, 0.1) is 16.8 Å². The molecule has 0 saturated heterocycles. The zero-order chi connectivity index (χ0) is 29.9. The summed E-state index contributed by atoms with van der Waals surface area (Å²) in [5.74, 6) is -2.45. The van der Waals surface area contributed by atoms with Gasteiger partial charge in [-0.1, -0.05) is 30.3 Å². The second-order valence-corrected chi connectivity index (χ2v) is 11.6. The van der Waals surface area contributed by atoms with Crippen molar-refractivity contribution in [2.45, 2.75) is 16.7 Å². The summed E-state index contributed by atoms with van der Waals surface area (Å²) in [5, 5.41) is 20.1. The lowest BCUT2D eigenvalue weighted by atomic mass is 9.84. The van der Waals surface area contributed by atoms with Crippen molar-refractivity contribution in [3.8, 4) is 5.75 Å². The number of phenolic OH excluding ortho intramolecular Hbond substituents is 1. The van der Waals surface area contributed by atoms with Crippen LogP contribution in [0.5, 0.6) is 5.75 Å². The van der Waals surface area contributed by atoms with Crippen molar-refractivity contribution in [2.75, 3.05) is 5.32 Å². The smallest absolute Gasteiger partial charge is 0.296 e. The quantitative estimate of drug-likeness (QED) is 0.168. The molecular weight excluding hydrogens is 578 g/mol. The summed E-state index contributed by atoms with van der Waals surface area (Å²) in [7, 11) is -10.3. The van der Waals surface area contributed by atoms with Crippen LogP contribution < -0.4 is 5.32 Å². The minimum Gasteiger partial charge on any atom is -0.505 e. The Morgan fingerprint density at radius 2 is 1.34 bits per heavy atom. The number of azo groups is 1. The van der Waals surface area contributed by atoms with Gasteiger partial charge in [-0.3, -0.25) is 23.5 Å². The highest BCUT2D eigenvalue weighted by atomic mass is 32.2. The average Bonchev–Trinajstić information content (AvgIpc) is 2.89. The number of hydrogen-bond acceptors (Lipinski definition) is 10. The number of anilines is 1. The lowest BCUT2D eigenvalue weighted by Gasteiger charge is -2.17. The Balaban J connectivity index is 1.67. The van der Waals surface area contributed by atoms with E-state index in [1.807, 2.05) is 0 Å². The second kappa shape index (κ2) is 9.67. The van der Waals surface area contributed by atoms with E-state index in [0.717, 1.165) is 19.1 Å². The number of carbonyl (C=O) groups excluding carboxylic acids is 3. The molecule has 208 valence electrons. The Labute approximate surface area is 231 Å². The molecule has 0 aromatic heterocycles. The minimum absolute atomic E-state index is 0.0800. The molecule has 0 heterocycles. The molecule has 0 aliphatic heterocycles. The van der Waals surface area contributed by atoms with Gasteiger partial charge in [0, 0.05) is 34.6 Å². The zero-order valence-electron chi connectivity index (χ0n) is 20.7. The van der Waals surface area contributed by atoms with Gasteiger partial charge in [-0.05, 0) is 30.3 Å². The average molecular weight is 596 g/mol. The van der Waals surface area contributed by atoms with Crippen molar-refractivity contribution < 1.29 is 45.4 Å². The third-order valence-corrected chi connectivity index (χ3v) is 7.99. The molecule has 41 heavy (non-hydrogen) atoms. The molecule has 15 heteroatoms. The molecule has 5 rings (SSSR count). The van der Waals surface area contributed by atoms with Gasteiger partial charge >= 0.3 is 0 Å². The van der Waals surface area contributed by atoms with Crippen LogP contribution in [0.25, 0.3) is 10.8 Å². The molecule has 0 radical (unpaired) electrons. The number of carbonyl (C=O) groups is 3. The molecule has 4 N–H and O–H groups in total. The fourth-order valence-electron chi connectivity index (χ4n) is 4.49. The van der Waals surface area contributed by atoms with Crippen LogP contribution in [0.2, 0.25) is 0 Å². The van der Waals surface area contributed by atoms with E-state index in [1.165, 1.54) is 24.3 Å². The highest BCUT2D eigenvalue weighted by Crippen LogP contribution is 2.45. The topological polar surface area (TPSA) is 217 Å². The Bertz CT molecular complexity index is 2100. The number of phenols is 1. The van der Waals surface area contributed by atoms with Crippen molar-refractivity contribution in [3.05, 3.63) is 82.9 Å². The van der Waals surface area contributed by atoms with Gasteiger partial charge < -0.3 is 10.4 Å². The molecule has 1 amide bonds. The molecule has 1 aliphatic carbocycles. The third-order valence-electron chi connectivity index (χ3n) is 6.22. The molecule has 0 bridgehead atoms. The SMILES string of the molecule is CC(=O)Nc1c(S(=O)(=O)O)cc(S(=O)(=O)O)c2ccc(N=Nc3ccc4c(c3)C(=O)c3ccccc3C4=O)c(O)c12. The number of ketones is 2. The normalized spacial score (nSPS) is 13.3. The second-order valence-electron chi connectivity index (χ2n) is 8.87. The molecule has 0 unspecified atom stereocenters. The summed E-state index contributed by atoms with van der Waals surface area (Å²) in [5.41, 5.74) is -0.189. The number of amides is 1. The van der Waals surface area contributed by atoms with E-state index in [-0.39, 0.29) is 39.4 Å². The molecule has 4 aromatic rings. The monoisotopic (exact) mass is 595 g/mol.